The Morgan fingerprint density at radius 2 is 1.73 bits per heavy atom. The molecule has 0 aliphatic heterocycles. The van der Waals surface area contributed by atoms with Gasteiger partial charge in [0.15, 0.2) is 0 Å². The van der Waals surface area contributed by atoms with E-state index in [2.05, 4.69) is 21.2 Å². The summed E-state index contributed by atoms with van der Waals surface area (Å²) in [6.45, 7) is 0.0127. The highest BCUT2D eigenvalue weighted by Crippen LogP contribution is 2.31. The number of nitrogens with one attached hydrogen (secondary N) is 1. The SMILES string of the molecule is N#C/C(=C\c1c(OCc2ccccc2F)ccc2ccccc12)C(=O)Nc1ccc(Br)cc1. The van der Waals surface area contributed by atoms with Crippen molar-refractivity contribution in [1.82, 2.24) is 0 Å². The normalized spacial score (nSPS) is 11.1. The quantitative estimate of drug-likeness (QED) is 0.232. The predicted octanol–water partition coefficient (Wildman–Crippen LogP) is 6.87. The Kier molecular flexibility index (Phi) is 6.82. The van der Waals surface area contributed by atoms with Crippen LogP contribution in [0.3, 0.4) is 0 Å². The Morgan fingerprint density at radius 3 is 2.48 bits per heavy atom. The molecule has 0 heterocycles. The van der Waals surface area contributed by atoms with Crippen molar-refractivity contribution in [1.29, 1.82) is 5.26 Å². The van der Waals surface area contributed by atoms with Gasteiger partial charge >= 0.3 is 0 Å². The van der Waals surface area contributed by atoms with Gasteiger partial charge in [-0.1, -0.05) is 64.5 Å². The molecule has 162 valence electrons. The molecule has 0 fully saturated rings. The number of carbonyl (C=O) groups excluding carboxylic acids is 1. The molecular formula is C27H18BrFN2O2. The summed E-state index contributed by atoms with van der Waals surface area (Å²) in [6.07, 6.45) is 1.51. The first-order valence-electron chi connectivity index (χ1n) is 10.1. The van der Waals surface area contributed by atoms with Gasteiger partial charge in [0.2, 0.25) is 0 Å². The molecule has 0 aliphatic rings. The fourth-order valence-electron chi connectivity index (χ4n) is 3.35. The molecule has 0 radical (unpaired) electrons. The van der Waals surface area contributed by atoms with Gasteiger partial charge in [0, 0.05) is 21.3 Å². The van der Waals surface area contributed by atoms with Gasteiger partial charge in [0.25, 0.3) is 5.91 Å². The molecule has 4 nitrogen and oxygen atoms in total. The number of nitriles is 1. The lowest BCUT2D eigenvalue weighted by Gasteiger charge is -2.13. The van der Waals surface area contributed by atoms with Crippen molar-refractivity contribution in [3.63, 3.8) is 0 Å². The minimum absolute atomic E-state index is 0.0127. The lowest BCUT2D eigenvalue weighted by atomic mass is 10.0. The number of hydrogen-bond donors (Lipinski definition) is 1. The number of anilines is 1. The third-order valence-corrected chi connectivity index (χ3v) is 5.56. The molecule has 0 saturated carbocycles. The van der Waals surface area contributed by atoms with Gasteiger partial charge in [0.1, 0.15) is 29.8 Å². The highest BCUT2D eigenvalue weighted by atomic mass is 79.9. The highest BCUT2D eigenvalue weighted by molar-refractivity contribution is 9.10. The largest absolute Gasteiger partial charge is 0.488 e. The van der Waals surface area contributed by atoms with Crippen LogP contribution in [-0.2, 0) is 11.4 Å². The average Bonchev–Trinajstić information content (AvgIpc) is 2.83. The van der Waals surface area contributed by atoms with Gasteiger partial charge in [-0.2, -0.15) is 5.26 Å². The van der Waals surface area contributed by atoms with Crippen molar-refractivity contribution >= 4 is 44.4 Å². The zero-order chi connectivity index (χ0) is 23.2. The van der Waals surface area contributed by atoms with Crippen molar-refractivity contribution in [2.75, 3.05) is 5.32 Å². The number of fused-ring (bicyclic) bond motifs is 1. The maximum atomic E-state index is 14.1. The summed E-state index contributed by atoms with van der Waals surface area (Å²) in [5, 5.41) is 14.2. The average molecular weight is 501 g/mol. The lowest BCUT2D eigenvalue weighted by molar-refractivity contribution is -0.112. The second kappa shape index (κ2) is 10.1. The van der Waals surface area contributed by atoms with Gasteiger partial charge in [0.05, 0.1) is 0 Å². The van der Waals surface area contributed by atoms with Gasteiger partial charge in [-0.15, -0.1) is 0 Å². The van der Waals surface area contributed by atoms with E-state index < -0.39 is 5.91 Å². The Morgan fingerprint density at radius 1 is 1.00 bits per heavy atom. The van der Waals surface area contributed by atoms with Crippen molar-refractivity contribution in [3.05, 3.63) is 112 Å². The number of hydrogen-bond acceptors (Lipinski definition) is 3. The molecule has 0 bridgehead atoms. The summed E-state index contributed by atoms with van der Waals surface area (Å²) >= 11 is 3.35. The zero-order valence-corrected chi connectivity index (χ0v) is 19.0. The molecule has 0 atom stereocenters. The van der Waals surface area contributed by atoms with Crippen molar-refractivity contribution < 1.29 is 13.9 Å². The van der Waals surface area contributed by atoms with Gasteiger partial charge in [-0.25, -0.2) is 4.39 Å². The molecule has 6 heteroatoms. The van der Waals surface area contributed by atoms with E-state index in [1.165, 1.54) is 12.1 Å². The van der Waals surface area contributed by atoms with Crippen LogP contribution in [0.25, 0.3) is 16.8 Å². The van der Waals surface area contributed by atoms with Crippen LogP contribution in [0.2, 0.25) is 0 Å². The molecule has 4 aromatic carbocycles. The second-order valence-corrected chi connectivity index (χ2v) is 8.13. The van der Waals surface area contributed by atoms with Gasteiger partial charge < -0.3 is 10.1 Å². The maximum absolute atomic E-state index is 14.1. The summed E-state index contributed by atoms with van der Waals surface area (Å²) < 4.78 is 20.9. The van der Waals surface area contributed by atoms with Crippen LogP contribution < -0.4 is 10.1 Å². The second-order valence-electron chi connectivity index (χ2n) is 7.21. The molecule has 0 unspecified atom stereocenters. The van der Waals surface area contributed by atoms with Crippen molar-refractivity contribution in [2.24, 2.45) is 0 Å². The summed E-state index contributed by atoms with van der Waals surface area (Å²) in [4.78, 5) is 12.8. The fourth-order valence-corrected chi connectivity index (χ4v) is 3.61. The minimum Gasteiger partial charge on any atom is -0.488 e. The molecule has 0 spiro atoms. The molecule has 1 N–H and O–H groups in total. The van der Waals surface area contributed by atoms with Crippen LogP contribution >= 0.6 is 15.9 Å². The Bertz CT molecular complexity index is 1390. The van der Waals surface area contributed by atoms with Gasteiger partial charge in [-0.3, -0.25) is 4.79 Å². The standard InChI is InChI=1S/C27H18BrFN2O2/c28-21-10-12-22(13-11-21)31-27(32)20(16-30)15-24-23-7-3-1-5-18(23)9-14-26(24)33-17-19-6-2-4-8-25(19)29/h1-15H,17H2,(H,31,32)/b20-15+. The molecule has 4 rings (SSSR count). The Hall–Kier alpha value is -3.95. The number of rotatable bonds is 6. The molecule has 1 amide bonds. The summed E-state index contributed by atoms with van der Waals surface area (Å²) in [5.74, 6) is -0.448. The molecule has 4 aromatic rings. The highest BCUT2D eigenvalue weighted by Gasteiger charge is 2.14. The predicted molar refractivity (Wildman–Crippen MR) is 131 cm³/mol. The number of benzene rings is 4. The maximum Gasteiger partial charge on any atom is 0.266 e. The number of halogens is 2. The summed E-state index contributed by atoms with van der Waals surface area (Å²) in [7, 11) is 0. The van der Waals surface area contributed by atoms with Crippen molar-refractivity contribution in [2.45, 2.75) is 6.61 Å². The van der Waals surface area contributed by atoms with Crippen molar-refractivity contribution in [3.8, 4) is 11.8 Å². The first kappa shape index (κ1) is 22.3. The smallest absolute Gasteiger partial charge is 0.266 e. The number of ether oxygens (including phenoxy) is 1. The van der Waals surface area contributed by atoms with E-state index >= 15 is 0 Å². The Labute approximate surface area is 199 Å². The summed E-state index contributed by atoms with van der Waals surface area (Å²) in [5.41, 5.74) is 1.48. The third kappa shape index (κ3) is 5.28. The van der Waals surface area contributed by atoms with E-state index in [0.29, 0.717) is 22.6 Å². The van der Waals surface area contributed by atoms with E-state index in [1.807, 2.05) is 36.4 Å². The van der Waals surface area contributed by atoms with Crippen LogP contribution in [0.1, 0.15) is 11.1 Å². The topological polar surface area (TPSA) is 62.1 Å². The first-order chi connectivity index (χ1) is 16.0. The minimum atomic E-state index is -0.534. The van der Waals surface area contributed by atoms with Crippen LogP contribution in [-0.4, -0.2) is 5.91 Å². The third-order valence-electron chi connectivity index (χ3n) is 5.03. The van der Waals surface area contributed by atoms with E-state index in [4.69, 9.17) is 4.74 Å². The monoisotopic (exact) mass is 500 g/mol. The molecule has 33 heavy (non-hydrogen) atoms. The number of nitrogens with zero attached hydrogens (tertiary/aromatic N) is 1. The van der Waals surface area contributed by atoms with Crippen LogP contribution in [0.5, 0.6) is 5.75 Å². The lowest BCUT2D eigenvalue weighted by Crippen LogP contribution is -2.13. The fraction of sp³-hybridized carbons (Fsp3) is 0.0370. The van der Waals surface area contributed by atoms with Crippen LogP contribution in [0.4, 0.5) is 10.1 Å². The number of amides is 1. The van der Waals surface area contributed by atoms with Gasteiger partial charge in [-0.05, 0) is 53.2 Å². The van der Waals surface area contributed by atoms with Crippen LogP contribution in [0.15, 0.2) is 95.0 Å². The van der Waals surface area contributed by atoms with E-state index in [0.717, 1.165) is 15.2 Å². The van der Waals surface area contributed by atoms with Crippen LogP contribution in [0, 0.1) is 17.1 Å². The molecular weight excluding hydrogens is 483 g/mol. The first-order valence-corrected chi connectivity index (χ1v) is 10.9. The zero-order valence-electron chi connectivity index (χ0n) is 17.4. The van der Waals surface area contributed by atoms with E-state index in [-0.39, 0.29) is 18.0 Å². The molecule has 0 aromatic heterocycles. The summed E-state index contributed by atoms with van der Waals surface area (Å²) in [6, 6.07) is 26.7. The van der Waals surface area contributed by atoms with E-state index in [9.17, 15) is 14.4 Å². The van der Waals surface area contributed by atoms with E-state index in [1.54, 1.807) is 48.5 Å². The molecule has 0 saturated heterocycles. The Balaban J connectivity index is 1.70. The number of carbonyl (C=O) groups is 1. The molecule has 0 aliphatic carbocycles.